The number of pyridine rings is 1. The third kappa shape index (κ3) is 3.46. The number of piperazine rings is 1. The Hall–Kier alpha value is -2.55. The largest absolute Gasteiger partial charge is 0.369 e. The Morgan fingerprint density at radius 2 is 1.56 bits per heavy atom. The number of hydrogen-bond acceptors (Lipinski definition) is 10. The second-order valence-electron chi connectivity index (χ2n) is 7.52. The lowest BCUT2D eigenvalue weighted by Gasteiger charge is -2.48. The number of hydrogen-bond donors (Lipinski definition) is 6. The molecular formula is C19H22ClN5O7. The van der Waals surface area contributed by atoms with Crippen molar-refractivity contribution >= 4 is 22.9 Å². The van der Waals surface area contributed by atoms with Crippen LogP contribution in [0.1, 0.15) is 0 Å². The van der Waals surface area contributed by atoms with Crippen LogP contribution < -0.4 is 10.6 Å². The van der Waals surface area contributed by atoms with E-state index in [0.717, 1.165) is 15.0 Å². The van der Waals surface area contributed by atoms with E-state index < -0.39 is 23.3 Å². The summed E-state index contributed by atoms with van der Waals surface area (Å²) < 4.78 is 0.878. The highest BCUT2D eigenvalue weighted by Crippen LogP contribution is 2.34. The SMILES string of the molecule is O=c1n(C(O)(O)C(O)(O)C(O)(O)N2CCN(c3cccc(Cl)c3)CC2)nc2ccccn12. The molecule has 2 aromatic heterocycles. The molecule has 0 radical (unpaired) electrons. The average molecular weight is 468 g/mol. The second kappa shape index (κ2) is 7.79. The first kappa shape index (κ1) is 22.6. The van der Waals surface area contributed by atoms with Crippen molar-refractivity contribution in [2.45, 2.75) is 17.6 Å². The maximum absolute atomic E-state index is 12.5. The Kier molecular flexibility index (Phi) is 5.51. The Labute approximate surface area is 186 Å². The summed E-state index contributed by atoms with van der Waals surface area (Å²) in [6.07, 6.45) is 1.27. The topological polar surface area (TPSA) is 167 Å². The van der Waals surface area contributed by atoms with Crippen LogP contribution in [0.4, 0.5) is 5.69 Å². The molecule has 0 amide bonds. The van der Waals surface area contributed by atoms with Crippen molar-refractivity contribution in [1.29, 1.82) is 0 Å². The molecule has 0 saturated carbocycles. The molecule has 3 heterocycles. The molecule has 0 unspecified atom stereocenters. The van der Waals surface area contributed by atoms with E-state index in [1.807, 2.05) is 11.0 Å². The molecule has 12 nitrogen and oxygen atoms in total. The number of aromatic nitrogens is 3. The summed E-state index contributed by atoms with van der Waals surface area (Å²) in [5.41, 5.74) is -0.384. The minimum atomic E-state index is -4.04. The van der Waals surface area contributed by atoms with Crippen LogP contribution in [0.3, 0.4) is 0 Å². The summed E-state index contributed by atoms with van der Waals surface area (Å²) in [5, 5.41) is 67.4. The Morgan fingerprint density at radius 3 is 2.19 bits per heavy atom. The predicted molar refractivity (Wildman–Crippen MR) is 111 cm³/mol. The molecule has 32 heavy (non-hydrogen) atoms. The molecule has 0 atom stereocenters. The fourth-order valence-electron chi connectivity index (χ4n) is 3.67. The molecule has 1 aliphatic rings. The highest BCUT2D eigenvalue weighted by atomic mass is 35.5. The van der Waals surface area contributed by atoms with Crippen molar-refractivity contribution < 1.29 is 30.6 Å². The number of halogens is 1. The Bertz CT molecular complexity index is 1180. The first-order valence-corrected chi connectivity index (χ1v) is 10.0. The normalized spacial score (nSPS) is 16.7. The zero-order valence-electron chi connectivity index (χ0n) is 16.7. The second-order valence-corrected chi connectivity index (χ2v) is 7.96. The monoisotopic (exact) mass is 467 g/mol. The summed E-state index contributed by atoms with van der Waals surface area (Å²) >= 11 is 6.00. The zero-order valence-corrected chi connectivity index (χ0v) is 17.4. The predicted octanol–water partition coefficient (Wildman–Crippen LogP) is -2.11. The molecule has 172 valence electrons. The summed E-state index contributed by atoms with van der Waals surface area (Å²) in [6.45, 7) is 0.270. The molecule has 13 heteroatoms. The third-order valence-electron chi connectivity index (χ3n) is 5.55. The van der Waals surface area contributed by atoms with E-state index in [2.05, 4.69) is 5.10 Å². The molecule has 6 N–H and O–H groups in total. The molecule has 3 aromatic rings. The van der Waals surface area contributed by atoms with Gasteiger partial charge in [0, 0.05) is 43.1 Å². The Morgan fingerprint density at radius 1 is 0.875 bits per heavy atom. The molecule has 0 spiro atoms. The van der Waals surface area contributed by atoms with Crippen LogP contribution in [-0.2, 0) is 5.91 Å². The quantitative estimate of drug-likeness (QED) is 0.228. The van der Waals surface area contributed by atoms with Crippen LogP contribution in [0.5, 0.6) is 0 Å². The highest BCUT2D eigenvalue weighted by Gasteiger charge is 2.67. The first-order valence-electron chi connectivity index (χ1n) is 9.63. The fraction of sp³-hybridized carbons (Fsp3) is 0.368. The van der Waals surface area contributed by atoms with E-state index >= 15 is 0 Å². The zero-order chi connectivity index (χ0) is 23.3. The van der Waals surface area contributed by atoms with Gasteiger partial charge in [-0.3, -0.25) is 4.40 Å². The van der Waals surface area contributed by atoms with Gasteiger partial charge in [0.05, 0.1) is 0 Å². The van der Waals surface area contributed by atoms with E-state index in [0.29, 0.717) is 5.02 Å². The molecule has 4 rings (SSSR count). The minimum Gasteiger partial charge on any atom is -0.369 e. The van der Waals surface area contributed by atoms with Crippen LogP contribution in [-0.4, -0.2) is 87.6 Å². The van der Waals surface area contributed by atoms with Crippen LogP contribution in [0, 0.1) is 0 Å². The van der Waals surface area contributed by atoms with E-state index in [1.54, 1.807) is 18.2 Å². The average Bonchev–Trinajstić information content (AvgIpc) is 3.11. The highest BCUT2D eigenvalue weighted by molar-refractivity contribution is 6.30. The lowest BCUT2D eigenvalue weighted by atomic mass is 10.1. The van der Waals surface area contributed by atoms with Crippen molar-refractivity contribution in [3.63, 3.8) is 0 Å². The van der Waals surface area contributed by atoms with E-state index in [1.165, 1.54) is 24.4 Å². The van der Waals surface area contributed by atoms with Crippen molar-refractivity contribution in [1.82, 2.24) is 19.1 Å². The molecule has 1 aliphatic heterocycles. The fourth-order valence-corrected chi connectivity index (χ4v) is 3.85. The number of nitrogens with zero attached hydrogens (tertiary/aromatic N) is 5. The number of fused-ring (bicyclic) bond motifs is 1. The molecule has 0 bridgehead atoms. The third-order valence-corrected chi connectivity index (χ3v) is 5.79. The van der Waals surface area contributed by atoms with Gasteiger partial charge in [-0.15, -0.1) is 9.78 Å². The van der Waals surface area contributed by atoms with E-state index in [9.17, 15) is 35.4 Å². The van der Waals surface area contributed by atoms with Gasteiger partial charge in [-0.1, -0.05) is 23.7 Å². The van der Waals surface area contributed by atoms with E-state index in [-0.39, 0.29) is 36.5 Å². The first-order chi connectivity index (χ1) is 15.0. The van der Waals surface area contributed by atoms with Crippen LogP contribution in [0.2, 0.25) is 5.02 Å². The van der Waals surface area contributed by atoms with Gasteiger partial charge in [0.1, 0.15) is 0 Å². The molecule has 0 aliphatic carbocycles. The lowest BCUT2D eigenvalue weighted by Crippen LogP contribution is -2.76. The summed E-state index contributed by atoms with van der Waals surface area (Å²) in [4.78, 5) is 15.2. The van der Waals surface area contributed by atoms with Gasteiger partial charge in [-0.2, -0.15) is 0 Å². The van der Waals surface area contributed by atoms with Gasteiger partial charge in [0.2, 0.25) is 0 Å². The number of anilines is 1. The van der Waals surface area contributed by atoms with Gasteiger partial charge in [-0.25, -0.2) is 9.69 Å². The number of benzene rings is 1. The maximum Gasteiger partial charge on any atom is 0.355 e. The van der Waals surface area contributed by atoms with Crippen molar-refractivity contribution in [2.75, 3.05) is 31.1 Å². The molecular weight excluding hydrogens is 446 g/mol. The van der Waals surface area contributed by atoms with Crippen LogP contribution in [0.25, 0.3) is 5.65 Å². The minimum absolute atomic E-state index is 0.0302. The van der Waals surface area contributed by atoms with E-state index in [4.69, 9.17) is 11.6 Å². The van der Waals surface area contributed by atoms with Crippen molar-refractivity contribution in [3.05, 3.63) is 64.2 Å². The van der Waals surface area contributed by atoms with Gasteiger partial charge in [0.15, 0.2) is 5.65 Å². The summed E-state index contributed by atoms with van der Waals surface area (Å²) in [5.74, 6) is -11.5. The van der Waals surface area contributed by atoms with Crippen molar-refractivity contribution in [2.24, 2.45) is 0 Å². The molecule has 1 saturated heterocycles. The Balaban J connectivity index is 1.59. The van der Waals surface area contributed by atoms with Gasteiger partial charge < -0.3 is 35.5 Å². The van der Waals surface area contributed by atoms with Gasteiger partial charge >= 0.3 is 17.4 Å². The van der Waals surface area contributed by atoms with Gasteiger partial charge in [0.25, 0.3) is 5.91 Å². The standard InChI is InChI=1S/C19H22ClN5O7/c20-13-4-3-5-14(12-13)22-8-10-23(11-9-22)18(29,30)17(27,28)19(31,32)25-16(26)24-7-2-1-6-15(24)21-25/h1-7,12,27-32H,8-11H2. The van der Waals surface area contributed by atoms with Gasteiger partial charge in [-0.05, 0) is 30.3 Å². The molecule has 1 fully saturated rings. The molecule has 1 aromatic carbocycles. The maximum atomic E-state index is 12.5. The summed E-state index contributed by atoms with van der Waals surface area (Å²) in [6, 6.07) is 11.4. The van der Waals surface area contributed by atoms with Crippen LogP contribution >= 0.6 is 11.6 Å². The van der Waals surface area contributed by atoms with Crippen LogP contribution in [0.15, 0.2) is 53.5 Å². The number of aliphatic hydroxyl groups is 6. The van der Waals surface area contributed by atoms with Crippen molar-refractivity contribution in [3.8, 4) is 0 Å². The summed E-state index contributed by atoms with van der Waals surface area (Å²) in [7, 11) is 0. The smallest absolute Gasteiger partial charge is 0.355 e. The lowest BCUT2D eigenvalue weighted by molar-refractivity contribution is -0.511. The number of rotatable bonds is 5.